The van der Waals surface area contributed by atoms with Gasteiger partial charge in [0.1, 0.15) is 11.6 Å². The maximum atomic E-state index is 14.5. The highest BCUT2D eigenvalue weighted by Crippen LogP contribution is 2.49. The Morgan fingerprint density at radius 1 is 1.14 bits per heavy atom. The van der Waals surface area contributed by atoms with Gasteiger partial charge in [-0.25, -0.2) is 4.39 Å². The van der Waals surface area contributed by atoms with E-state index in [1.807, 2.05) is 6.07 Å². The number of hydrogen-bond acceptors (Lipinski definition) is 3. The molecule has 0 saturated heterocycles. The third-order valence-electron chi connectivity index (χ3n) is 6.37. The lowest BCUT2D eigenvalue weighted by molar-refractivity contribution is -0.112. The fraction of sp³-hybridized carbons (Fsp3) is 0.435. The SMILES string of the molecule is O=C(Cl)C1CC1c1ccc2c(c1)CCN(c1cc(OC3CCC3)ccc1F)C2. The predicted molar refractivity (Wildman–Crippen MR) is 108 cm³/mol. The normalized spacial score (nSPS) is 23.7. The molecule has 2 fully saturated rings. The van der Waals surface area contributed by atoms with Crippen molar-refractivity contribution in [3.05, 3.63) is 58.9 Å². The van der Waals surface area contributed by atoms with Crippen LogP contribution in [0.25, 0.3) is 0 Å². The second-order valence-electron chi connectivity index (χ2n) is 8.24. The number of carbonyl (C=O) groups excluding carboxylic acids is 1. The number of rotatable bonds is 5. The number of anilines is 1. The molecule has 1 heterocycles. The second-order valence-corrected chi connectivity index (χ2v) is 8.61. The summed E-state index contributed by atoms with van der Waals surface area (Å²) in [5.41, 5.74) is 4.33. The first-order valence-electron chi connectivity index (χ1n) is 10.1. The van der Waals surface area contributed by atoms with Crippen molar-refractivity contribution < 1.29 is 13.9 Å². The van der Waals surface area contributed by atoms with Crippen LogP contribution in [-0.4, -0.2) is 17.9 Å². The minimum atomic E-state index is -0.228. The largest absolute Gasteiger partial charge is 0.490 e. The Balaban J connectivity index is 1.33. The third-order valence-corrected chi connectivity index (χ3v) is 6.65. The summed E-state index contributed by atoms with van der Waals surface area (Å²) in [6.07, 6.45) is 5.39. The number of nitrogens with zero attached hydrogens (tertiary/aromatic N) is 1. The molecule has 0 radical (unpaired) electrons. The van der Waals surface area contributed by atoms with E-state index in [-0.39, 0.29) is 29.0 Å². The minimum absolute atomic E-state index is 0.0210. The first-order chi connectivity index (χ1) is 13.6. The number of fused-ring (bicyclic) bond motifs is 1. The molecule has 2 aromatic carbocycles. The molecule has 0 N–H and O–H groups in total. The summed E-state index contributed by atoms with van der Waals surface area (Å²) in [5, 5.41) is -0.228. The molecule has 28 heavy (non-hydrogen) atoms. The molecular formula is C23H23ClFNO2. The number of halogens is 2. The molecule has 2 atom stereocenters. The molecular weight excluding hydrogens is 377 g/mol. The van der Waals surface area contributed by atoms with Gasteiger partial charge in [0, 0.05) is 25.1 Å². The van der Waals surface area contributed by atoms with Crippen LogP contribution in [0.1, 0.15) is 48.3 Å². The maximum Gasteiger partial charge on any atom is 0.225 e. The summed E-state index contributed by atoms with van der Waals surface area (Å²) < 4.78 is 20.5. The van der Waals surface area contributed by atoms with E-state index < -0.39 is 0 Å². The second kappa shape index (κ2) is 7.07. The molecule has 2 saturated carbocycles. The van der Waals surface area contributed by atoms with Crippen LogP contribution in [0.2, 0.25) is 0 Å². The van der Waals surface area contributed by atoms with Gasteiger partial charge in [-0.05, 0) is 78.4 Å². The maximum absolute atomic E-state index is 14.5. The van der Waals surface area contributed by atoms with Crippen molar-refractivity contribution >= 4 is 22.5 Å². The Morgan fingerprint density at radius 3 is 2.71 bits per heavy atom. The van der Waals surface area contributed by atoms with Crippen molar-refractivity contribution in [2.24, 2.45) is 5.92 Å². The van der Waals surface area contributed by atoms with Crippen LogP contribution < -0.4 is 9.64 Å². The predicted octanol–water partition coefficient (Wildman–Crippen LogP) is 5.19. The van der Waals surface area contributed by atoms with Crippen molar-refractivity contribution in [3.63, 3.8) is 0 Å². The van der Waals surface area contributed by atoms with Gasteiger partial charge in [0.05, 0.1) is 11.8 Å². The summed E-state index contributed by atoms with van der Waals surface area (Å²) in [6.45, 7) is 1.45. The van der Waals surface area contributed by atoms with E-state index in [0.717, 1.165) is 38.0 Å². The van der Waals surface area contributed by atoms with E-state index in [9.17, 15) is 9.18 Å². The number of carbonyl (C=O) groups is 1. The standard InChI is InChI=1S/C23H23ClFNO2/c24-23(27)20-12-19(20)15-4-5-16-13-26(9-8-14(16)10-15)22-11-18(6-7-21(22)25)28-17-2-1-3-17/h4-7,10-11,17,19-20H,1-3,8-9,12-13H2. The van der Waals surface area contributed by atoms with Crippen molar-refractivity contribution in [2.75, 3.05) is 11.4 Å². The van der Waals surface area contributed by atoms with E-state index in [1.165, 1.54) is 29.2 Å². The molecule has 0 aromatic heterocycles. The zero-order valence-corrected chi connectivity index (χ0v) is 16.4. The molecule has 5 rings (SSSR count). The van der Waals surface area contributed by atoms with Crippen molar-refractivity contribution in [3.8, 4) is 5.75 Å². The van der Waals surface area contributed by atoms with Crippen molar-refractivity contribution in [2.45, 2.75) is 50.7 Å². The number of hydrogen-bond donors (Lipinski definition) is 0. The van der Waals surface area contributed by atoms with Gasteiger partial charge in [0.15, 0.2) is 0 Å². The lowest BCUT2D eigenvalue weighted by Crippen LogP contribution is -2.31. The Morgan fingerprint density at radius 2 is 2.00 bits per heavy atom. The molecule has 2 aromatic rings. The van der Waals surface area contributed by atoms with Crippen LogP contribution in [0.3, 0.4) is 0 Å². The summed E-state index contributed by atoms with van der Waals surface area (Å²) in [4.78, 5) is 13.4. The van der Waals surface area contributed by atoms with Gasteiger partial charge in [0.2, 0.25) is 5.24 Å². The zero-order valence-electron chi connectivity index (χ0n) is 15.7. The molecule has 3 aliphatic rings. The van der Waals surface area contributed by atoms with Gasteiger partial charge in [-0.15, -0.1) is 0 Å². The molecule has 0 amide bonds. The molecule has 0 spiro atoms. The summed E-state index contributed by atoms with van der Waals surface area (Å²) >= 11 is 5.63. The highest BCUT2D eigenvalue weighted by molar-refractivity contribution is 6.64. The Labute approximate surface area is 169 Å². The van der Waals surface area contributed by atoms with Gasteiger partial charge in [-0.2, -0.15) is 0 Å². The van der Waals surface area contributed by atoms with Gasteiger partial charge in [0.25, 0.3) is 0 Å². The minimum Gasteiger partial charge on any atom is -0.490 e. The van der Waals surface area contributed by atoms with E-state index in [0.29, 0.717) is 12.2 Å². The van der Waals surface area contributed by atoms with Crippen LogP contribution >= 0.6 is 11.6 Å². The monoisotopic (exact) mass is 399 g/mol. The molecule has 146 valence electrons. The number of ether oxygens (including phenoxy) is 1. The number of benzene rings is 2. The first kappa shape index (κ1) is 18.0. The van der Waals surface area contributed by atoms with Crippen molar-refractivity contribution in [1.29, 1.82) is 0 Å². The highest BCUT2D eigenvalue weighted by atomic mass is 35.5. The zero-order chi connectivity index (χ0) is 19.3. The Bertz CT molecular complexity index is 927. The van der Waals surface area contributed by atoms with Crippen LogP contribution in [-0.2, 0) is 17.8 Å². The third kappa shape index (κ3) is 3.39. The average Bonchev–Trinajstić information content (AvgIpc) is 3.46. The summed E-state index contributed by atoms with van der Waals surface area (Å²) in [6, 6.07) is 11.5. The first-order valence-corrected chi connectivity index (χ1v) is 10.5. The Hall–Kier alpha value is -2.07. The Kier molecular flexibility index (Phi) is 4.54. The van der Waals surface area contributed by atoms with E-state index in [1.54, 1.807) is 6.07 Å². The lowest BCUT2D eigenvalue weighted by atomic mass is 9.95. The van der Waals surface area contributed by atoms with Crippen LogP contribution in [0, 0.1) is 11.7 Å². The van der Waals surface area contributed by atoms with Crippen LogP contribution in [0.4, 0.5) is 10.1 Å². The molecule has 0 bridgehead atoms. The van der Waals surface area contributed by atoms with Gasteiger partial charge < -0.3 is 9.64 Å². The van der Waals surface area contributed by atoms with Gasteiger partial charge >= 0.3 is 0 Å². The van der Waals surface area contributed by atoms with Gasteiger partial charge in [-0.3, -0.25) is 4.79 Å². The van der Waals surface area contributed by atoms with E-state index in [2.05, 4.69) is 23.1 Å². The fourth-order valence-electron chi connectivity index (χ4n) is 4.31. The lowest BCUT2D eigenvalue weighted by Gasteiger charge is -2.32. The van der Waals surface area contributed by atoms with E-state index >= 15 is 0 Å². The topological polar surface area (TPSA) is 29.5 Å². The molecule has 1 aliphatic heterocycles. The summed E-state index contributed by atoms with van der Waals surface area (Å²) in [5.74, 6) is 0.800. The molecule has 2 unspecified atom stereocenters. The average molecular weight is 400 g/mol. The van der Waals surface area contributed by atoms with E-state index in [4.69, 9.17) is 16.3 Å². The smallest absolute Gasteiger partial charge is 0.225 e. The van der Waals surface area contributed by atoms with Gasteiger partial charge in [-0.1, -0.05) is 18.2 Å². The van der Waals surface area contributed by atoms with Crippen molar-refractivity contribution in [1.82, 2.24) is 0 Å². The quantitative estimate of drug-likeness (QED) is 0.648. The van der Waals surface area contributed by atoms with Crippen LogP contribution in [0.5, 0.6) is 5.75 Å². The molecule has 3 nitrogen and oxygen atoms in total. The molecule has 5 heteroatoms. The molecule has 2 aliphatic carbocycles. The fourth-order valence-corrected chi connectivity index (χ4v) is 4.55. The van der Waals surface area contributed by atoms with Crippen LogP contribution in [0.15, 0.2) is 36.4 Å². The summed E-state index contributed by atoms with van der Waals surface area (Å²) in [7, 11) is 0. The highest BCUT2D eigenvalue weighted by Gasteiger charge is 2.43.